The fourth-order valence-electron chi connectivity index (χ4n) is 7.53. The van der Waals surface area contributed by atoms with E-state index in [9.17, 15) is 61.8 Å². The summed E-state index contributed by atoms with van der Waals surface area (Å²) < 4.78 is 226. The average molecular weight is 1040 g/mol. The first-order valence-corrected chi connectivity index (χ1v) is 24.1. The lowest BCUT2D eigenvalue weighted by molar-refractivity contribution is -0.365. The predicted molar refractivity (Wildman–Crippen MR) is 200 cm³/mol. The molecule has 65 heavy (non-hydrogen) atoms. The number of methoxy groups -OCH3 is 6. The van der Waals surface area contributed by atoms with E-state index >= 15 is 0 Å². The summed E-state index contributed by atoms with van der Waals surface area (Å²) in [6.07, 6.45) is -29.7. The van der Waals surface area contributed by atoms with Gasteiger partial charge in [-0.15, -0.1) is 0 Å². The first-order chi connectivity index (χ1) is 30.2. The van der Waals surface area contributed by atoms with Crippen LogP contribution in [0.25, 0.3) is 0 Å². The standard InChI is InChI=1S/C30H52O31S4/c1-12-14(10-52-62(33,34)35)54-29(25(49-6)18(12)46-3)59-20-13(45-2)8-17(58-24(20)27(31)50-7)57-21-16(11-53-63(36,37)38)56-30(26(61-65(42,43)44)22(21)60-64(39,40)41)55-15-9-51-28(32)23(48-5)19(15)47-4/h12-26,28-30,32H,8-11H2,1-7H3,(H,33,34,35)(H,36,37,38)(H,39,40,41)(H,42,43,44)/t12-,13-,14-,15-,16-,17-,18+,19+,20+,21-,22+,23-,24+,25-,26-,28-,29-,30+/m1/s1. The van der Waals surface area contributed by atoms with Gasteiger partial charge < -0.3 is 66.7 Å². The molecule has 4 fully saturated rings. The zero-order valence-corrected chi connectivity index (χ0v) is 38.5. The summed E-state index contributed by atoms with van der Waals surface area (Å²) in [6, 6.07) is 0. The molecule has 0 amide bonds. The topological polar surface area (TPSA) is 412 Å². The van der Waals surface area contributed by atoms with Gasteiger partial charge in [-0.1, -0.05) is 6.92 Å². The molecule has 4 saturated heterocycles. The maximum absolute atomic E-state index is 13.4. The van der Waals surface area contributed by atoms with Gasteiger partial charge in [0.25, 0.3) is 0 Å². The zero-order valence-electron chi connectivity index (χ0n) is 35.2. The highest BCUT2D eigenvalue weighted by atomic mass is 32.3. The van der Waals surface area contributed by atoms with Gasteiger partial charge in [-0.25, -0.2) is 21.5 Å². The second kappa shape index (κ2) is 23.4. The van der Waals surface area contributed by atoms with Crippen LogP contribution in [0.5, 0.6) is 0 Å². The number of aliphatic hydroxyl groups excluding tert-OH is 1. The number of carbonyl (C=O) groups excluding carboxylic acids is 1. The van der Waals surface area contributed by atoms with Crippen molar-refractivity contribution in [2.45, 2.75) is 118 Å². The van der Waals surface area contributed by atoms with E-state index in [1.54, 1.807) is 6.92 Å². The molecule has 31 nitrogen and oxygen atoms in total. The molecule has 5 N–H and O–H groups in total. The third-order valence-corrected chi connectivity index (χ3v) is 12.1. The summed E-state index contributed by atoms with van der Waals surface area (Å²) >= 11 is 0. The molecule has 0 radical (unpaired) electrons. The van der Waals surface area contributed by atoms with Crippen LogP contribution in [-0.4, -0.2) is 230 Å². The Hall–Kier alpha value is -1.57. The molecule has 4 aliphatic rings. The minimum atomic E-state index is -5.76. The second-order valence-electron chi connectivity index (χ2n) is 14.3. The summed E-state index contributed by atoms with van der Waals surface area (Å²) in [6.45, 7) is -1.10. The predicted octanol–water partition coefficient (Wildman–Crippen LogP) is -4.05. The molecule has 0 aromatic heterocycles. The van der Waals surface area contributed by atoms with Gasteiger partial charge in [0.15, 0.2) is 37.4 Å². The number of rotatable bonds is 22. The smallest absolute Gasteiger partial charge is 0.397 e. The maximum atomic E-state index is 13.4. The lowest BCUT2D eigenvalue weighted by Gasteiger charge is -2.49. The molecule has 382 valence electrons. The minimum absolute atomic E-state index is 0.571. The molecule has 0 saturated carbocycles. The average Bonchev–Trinajstić information content (AvgIpc) is 3.20. The van der Waals surface area contributed by atoms with Crippen molar-refractivity contribution in [2.24, 2.45) is 5.92 Å². The van der Waals surface area contributed by atoms with Crippen LogP contribution < -0.4 is 0 Å². The molecular formula is C30H52O31S4. The van der Waals surface area contributed by atoms with Crippen LogP contribution in [0.1, 0.15) is 13.3 Å². The normalized spacial score (nSPS) is 38.9. The molecule has 0 aromatic carbocycles. The quantitative estimate of drug-likeness (QED) is 0.0509. The van der Waals surface area contributed by atoms with E-state index in [0.29, 0.717) is 0 Å². The van der Waals surface area contributed by atoms with E-state index in [-0.39, 0.29) is 0 Å². The zero-order chi connectivity index (χ0) is 48.8. The van der Waals surface area contributed by atoms with Gasteiger partial charge in [-0.05, 0) is 0 Å². The SMILES string of the molecule is COC(=O)[C@H]1O[C@@H](O[C@H]2[C@H](OS(=O)(=O)O)[C@@H](OS(=O)(=O)O)[C@@H](O[C@@H]3CO[C@@H](O)[C@H](OC)[C@H]3OC)O[C@@H]2COS(=O)(=O)O)C[C@@H](OC)[C@@H]1O[C@H]1O[C@H](COS(=O)(=O)O)[C@@H](C)[C@H](OC)[C@H]1OC. The van der Waals surface area contributed by atoms with Crippen LogP contribution in [0.2, 0.25) is 0 Å². The van der Waals surface area contributed by atoms with Crippen molar-refractivity contribution in [3.8, 4) is 0 Å². The van der Waals surface area contributed by atoms with Gasteiger partial charge in [0.05, 0.1) is 45.2 Å². The van der Waals surface area contributed by atoms with E-state index in [0.717, 1.165) is 28.4 Å². The fourth-order valence-corrected chi connectivity index (χ4v) is 9.12. The van der Waals surface area contributed by atoms with Crippen molar-refractivity contribution in [3.63, 3.8) is 0 Å². The van der Waals surface area contributed by atoms with E-state index in [4.69, 9.17) is 69.9 Å². The van der Waals surface area contributed by atoms with Crippen LogP contribution in [0.15, 0.2) is 0 Å². The highest BCUT2D eigenvalue weighted by Crippen LogP contribution is 2.38. The van der Waals surface area contributed by atoms with Gasteiger partial charge in [-0.3, -0.25) is 18.2 Å². The monoisotopic (exact) mass is 1040 g/mol. The first-order valence-electron chi connectivity index (χ1n) is 18.7. The lowest BCUT2D eigenvalue weighted by atomic mass is 9.90. The molecule has 0 aromatic rings. The summed E-state index contributed by atoms with van der Waals surface area (Å²) in [7, 11) is -14.9. The number of aliphatic hydroxyl groups is 1. The van der Waals surface area contributed by atoms with E-state index in [1.807, 2.05) is 0 Å². The summed E-state index contributed by atoms with van der Waals surface area (Å²) in [5.41, 5.74) is 0. The highest BCUT2D eigenvalue weighted by Gasteiger charge is 2.57. The molecule has 0 spiro atoms. The van der Waals surface area contributed by atoms with Crippen molar-refractivity contribution in [1.82, 2.24) is 0 Å². The minimum Gasteiger partial charge on any atom is -0.467 e. The molecule has 0 bridgehead atoms. The molecule has 18 atom stereocenters. The van der Waals surface area contributed by atoms with Crippen LogP contribution >= 0.6 is 0 Å². The molecule has 0 aliphatic carbocycles. The van der Waals surface area contributed by atoms with E-state index in [1.165, 1.54) is 14.2 Å². The van der Waals surface area contributed by atoms with Crippen molar-refractivity contribution in [2.75, 3.05) is 62.5 Å². The highest BCUT2D eigenvalue weighted by molar-refractivity contribution is 7.81. The molecule has 4 heterocycles. The molecule has 0 unspecified atom stereocenters. The van der Waals surface area contributed by atoms with Crippen molar-refractivity contribution >= 4 is 47.6 Å². The van der Waals surface area contributed by atoms with Gasteiger partial charge in [-0.2, -0.15) is 33.7 Å². The van der Waals surface area contributed by atoms with Crippen molar-refractivity contribution in [3.05, 3.63) is 0 Å². The Morgan fingerprint density at radius 2 is 1.08 bits per heavy atom. The van der Waals surface area contributed by atoms with Gasteiger partial charge in [0, 0.05) is 47.9 Å². The largest absolute Gasteiger partial charge is 0.467 e. The Morgan fingerprint density at radius 1 is 0.554 bits per heavy atom. The van der Waals surface area contributed by atoms with Gasteiger partial charge >= 0.3 is 47.6 Å². The fraction of sp³-hybridized carbons (Fsp3) is 0.967. The van der Waals surface area contributed by atoms with E-state index in [2.05, 4.69) is 8.37 Å². The Bertz CT molecular complexity index is 1990. The Labute approximate surface area is 373 Å². The maximum Gasteiger partial charge on any atom is 0.397 e. The summed E-state index contributed by atoms with van der Waals surface area (Å²) in [5.74, 6) is -1.88. The number of hydrogen-bond donors (Lipinski definition) is 5. The van der Waals surface area contributed by atoms with Crippen molar-refractivity contribution in [1.29, 1.82) is 0 Å². The molecular weight excluding hydrogens is 985 g/mol. The number of carbonyl (C=O) groups is 1. The third-order valence-electron chi connectivity index (χ3n) is 10.3. The number of esters is 1. The van der Waals surface area contributed by atoms with Gasteiger partial charge in [0.2, 0.25) is 0 Å². The second-order valence-corrected chi connectivity index (χ2v) is 18.5. The Morgan fingerprint density at radius 3 is 1.58 bits per heavy atom. The Balaban J connectivity index is 1.75. The van der Waals surface area contributed by atoms with E-state index < -0.39 is 184 Å². The van der Waals surface area contributed by atoms with Crippen molar-refractivity contribution < 1.29 is 140 Å². The molecule has 4 rings (SSSR count). The van der Waals surface area contributed by atoms with Crippen LogP contribution in [0.3, 0.4) is 0 Å². The summed E-state index contributed by atoms with van der Waals surface area (Å²) in [4.78, 5) is 13.4. The van der Waals surface area contributed by atoms with Crippen LogP contribution in [0, 0.1) is 5.92 Å². The Kier molecular flexibility index (Phi) is 20.1. The number of hydrogen-bond acceptors (Lipinski definition) is 27. The third kappa shape index (κ3) is 15.5. The molecule has 35 heteroatoms. The van der Waals surface area contributed by atoms with Crippen LogP contribution in [-0.2, 0) is 125 Å². The summed E-state index contributed by atoms with van der Waals surface area (Å²) in [5, 5.41) is 10.3. The molecule has 4 aliphatic heterocycles. The van der Waals surface area contributed by atoms with Gasteiger partial charge in [0.1, 0.15) is 48.8 Å². The number of ether oxygens (including phenoxy) is 13. The first kappa shape index (κ1) is 56.0. The van der Waals surface area contributed by atoms with Crippen LogP contribution in [0.4, 0.5) is 0 Å². The lowest BCUT2D eigenvalue weighted by Crippen LogP contribution is -2.66.